The molecule has 2 aromatic rings. The number of methoxy groups -OCH3 is 2. The van der Waals surface area contributed by atoms with E-state index in [2.05, 4.69) is 13.8 Å². The van der Waals surface area contributed by atoms with Gasteiger partial charge in [0.1, 0.15) is 5.75 Å². The standard InChI is InChI=1S/C20H26O5/c1-12(7-14-5-6-19(24-3)17(22)9-14)13(2)8-15-10-20(25-4)18(23)11-16(15)21/h5-6,9-13,21-23H,7-8H2,1-4H3. The Balaban J connectivity index is 2.07. The van der Waals surface area contributed by atoms with Gasteiger partial charge in [-0.05, 0) is 54.0 Å². The van der Waals surface area contributed by atoms with Gasteiger partial charge < -0.3 is 24.8 Å². The highest BCUT2D eigenvalue weighted by molar-refractivity contribution is 5.49. The van der Waals surface area contributed by atoms with Crippen molar-refractivity contribution >= 4 is 0 Å². The Morgan fingerprint density at radius 3 is 1.96 bits per heavy atom. The highest BCUT2D eigenvalue weighted by Gasteiger charge is 2.18. The first-order valence-electron chi connectivity index (χ1n) is 8.30. The quantitative estimate of drug-likeness (QED) is 0.709. The molecule has 136 valence electrons. The van der Waals surface area contributed by atoms with Crippen molar-refractivity contribution in [1.82, 2.24) is 0 Å². The Hall–Kier alpha value is -2.56. The van der Waals surface area contributed by atoms with Crippen molar-refractivity contribution in [3.05, 3.63) is 41.5 Å². The third-order valence-electron chi connectivity index (χ3n) is 4.69. The van der Waals surface area contributed by atoms with Gasteiger partial charge in [-0.1, -0.05) is 19.9 Å². The SMILES string of the molecule is COc1ccc(CC(C)C(C)Cc2cc(OC)c(O)cc2O)cc1O. The minimum Gasteiger partial charge on any atom is -0.508 e. The smallest absolute Gasteiger partial charge is 0.161 e. The van der Waals surface area contributed by atoms with E-state index in [0.717, 1.165) is 17.5 Å². The molecule has 2 rings (SSSR count). The number of rotatable bonds is 7. The molecule has 0 aromatic heterocycles. The largest absolute Gasteiger partial charge is 0.508 e. The molecule has 25 heavy (non-hydrogen) atoms. The molecular weight excluding hydrogens is 320 g/mol. The van der Waals surface area contributed by atoms with Gasteiger partial charge in [-0.2, -0.15) is 0 Å². The zero-order chi connectivity index (χ0) is 18.6. The monoisotopic (exact) mass is 346 g/mol. The number of hydrogen-bond acceptors (Lipinski definition) is 5. The number of phenols is 3. The molecule has 0 saturated carbocycles. The van der Waals surface area contributed by atoms with E-state index in [4.69, 9.17) is 9.47 Å². The van der Waals surface area contributed by atoms with Gasteiger partial charge in [0, 0.05) is 6.07 Å². The van der Waals surface area contributed by atoms with Gasteiger partial charge >= 0.3 is 0 Å². The van der Waals surface area contributed by atoms with Crippen LogP contribution in [0.25, 0.3) is 0 Å². The topological polar surface area (TPSA) is 79.2 Å². The van der Waals surface area contributed by atoms with Crippen LogP contribution in [0.3, 0.4) is 0 Å². The van der Waals surface area contributed by atoms with E-state index in [1.807, 2.05) is 6.07 Å². The molecule has 2 atom stereocenters. The van der Waals surface area contributed by atoms with E-state index in [9.17, 15) is 15.3 Å². The van der Waals surface area contributed by atoms with Gasteiger partial charge in [0.15, 0.2) is 23.0 Å². The molecule has 2 aromatic carbocycles. The molecule has 0 aliphatic rings. The Labute approximate surface area is 148 Å². The molecule has 0 heterocycles. The van der Waals surface area contributed by atoms with Gasteiger partial charge in [-0.15, -0.1) is 0 Å². The molecule has 5 nitrogen and oxygen atoms in total. The van der Waals surface area contributed by atoms with Gasteiger partial charge in [0.25, 0.3) is 0 Å². The summed E-state index contributed by atoms with van der Waals surface area (Å²) in [7, 11) is 3.01. The zero-order valence-corrected chi connectivity index (χ0v) is 15.1. The summed E-state index contributed by atoms with van der Waals surface area (Å²) < 4.78 is 10.2. The molecule has 0 aliphatic heterocycles. The Morgan fingerprint density at radius 2 is 1.36 bits per heavy atom. The summed E-state index contributed by atoms with van der Waals surface area (Å²) in [6.45, 7) is 4.26. The number of benzene rings is 2. The van der Waals surface area contributed by atoms with Crippen molar-refractivity contribution in [2.45, 2.75) is 26.7 Å². The molecule has 0 fully saturated rings. The second-order valence-corrected chi connectivity index (χ2v) is 6.52. The van der Waals surface area contributed by atoms with Crippen molar-refractivity contribution in [3.8, 4) is 28.7 Å². The normalized spacial score (nSPS) is 13.3. The molecule has 0 bridgehead atoms. The van der Waals surface area contributed by atoms with Gasteiger partial charge in [-0.25, -0.2) is 0 Å². The third-order valence-corrected chi connectivity index (χ3v) is 4.69. The maximum atomic E-state index is 10.1. The van der Waals surface area contributed by atoms with Crippen LogP contribution in [0, 0.1) is 11.8 Å². The molecular formula is C20H26O5. The molecule has 2 unspecified atom stereocenters. The number of ether oxygens (including phenoxy) is 2. The lowest BCUT2D eigenvalue weighted by molar-refractivity contribution is 0.357. The summed E-state index contributed by atoms with van der Waals surface area (Å²) in [5, 5.41) is 29.7. The second-order valence-electron chi connectivity index (χ2n) is 6.52. The minimum absolute atomic E-state index is 0.0689. The predicted molar refractivity (Wildman–Crippen MR) is 96.7 cm³/mol. The minimum atomic E-state index is -0.0711. The van der Waals surface area contributed by atoms with E-state index >= 15 is 0 Å². The van der Waals surface area contributed by atoms with E-state index in [1.165, 1.54) is 20.3 Å². The first kappa shape index (κ1) is 18.8. The second kappa shape index (κ2) is 8.01. The third kappa shape index (κ3) is 4.50. The first-order valence-corrected chi connectivity index (χ1v) is 8.30. The van der Waals surface area contributed by atoms with Crippen LogP contribution in [0.4, 0.5) is 0 Å². The molecule has 0 saturated heterocycles. The lowest BCUT2D eigenvalue weighted by atomic mass is 9.85. The highest BCUT2D eigenvalue weighted by atomic mass is 16.5. The summed E-state index contributed by atoms with van der Waals surface area (Å²) >= 11 is 0. The van der Waals surface area contributed by atoms with Crippen molar-refractivity contribution in [2.75, 3.05) is 14.2 Å². The Bertz CT molecular complexity index is 726. The van der Waals surface area contributed by atoms with Crippen molar-refractivity contribution < 1.29 is 24.8 Å². The van der Waals surface area contributed by atoms with Gasteiger partial charge in [0.2, 0.25) is 0 Å². The van der Waals surface area contributed by atoms with Crippen molar-refractivity contribution in [1.29, 1.82) is 0 Å². The summed E-state index contributed by atoms with van der Waals surface area (Å²) in [5.41, 5.74) is 1.77. The summed E-state index contributed by atoms with van der Waals surface area (Å²) in [6, 6.07) is 8.42. The summed E-state index contributed by atoms with van der Waals surface area (Å²) in [4.78, 5) is 0. The maximum absolute atomic E-state index is 10.1. The van der Waals surface area contributed by atoms with Crippen molar-refractivity contribution in [2.24, 2.45) is 11.8 Å². The summed E-state index contributed by atoms with van der Waals surface area (Å²) in [6.07, 6.45) is 1.46. The Morgan fingerprint density at radius 1 is 0.760 bits per heavy atom. The summed E-state index contributed by atoms with van der Waals surface area (Å²) in [5.74, 6) is 1.56. The lowest BCUT2D eigenvalue weighted by Gasteiger charge is -2.21. The molecule has 0 aliphatic carbocycles. The van der Waals surface area contributed by atoms with E-state index in [-0.39, 0.29) is 23.2 Å². The maximum Gasteiger partial charge on any atom is 0.161 e. The van der Waals surface area contributed by atoms with Crippen LogP contribution in [0.2, 0.25) is 0 Å². The van der Waals surface area contributed by atoms with Crippen molar-refractivity contribution in [3.63, 3.8) is 0 Å². The van der Waals surface area contributed by atoms with E-state index < -0.39 is 0 Å². The fraction of sp³-hybridized carbons (Fsp3) is 0.400. The number of hydrogen-bond donors (Lipinski definition) is 3. The van der Waals surface area contributed by atoms with Gasteiger partial charge in [0.05, 0.1) is 14.2 Å². The molecule has 5 heteroatoms. The van der Waals surface area contributed by atoms with Crippen LogP contribution >= 0.6 is 0 Å². The zero-order valence-electron chi connectivity index (χ0n) is 15.1. The molecule has 0 amide bonds. The van der Waals surface area contributed by atoms with Crippen LogP contribution < -0.4 is 9.47 Å². The average Bonchev–Trinajstić information content (AvgIpc) is 2.57. The number of phenolic OH excluding ortho intramolecular Hbond substituents is 3. The van der Waals surface area contributed by atoms with Crippen LogP contribution in [0.15, 0.2) is 30.3 Å². The van der Waals surface area contributed by atoms with Crippen LogP contribution in [0.1, 0.15) is 25.0 Å². The molecule has 3 N–H and O–H groups in total. The highest BCUT2D eigenvalue weighted by Crippen LogP contribution is 2.35. The van der Waals surface area contributed by atoms with Crippen LogP contribution in [0.5, 0.6) is 28.7 Å². The predicted octanol–water partition coefficient (Wildman–Crippen LogP) is 3.88. The first-order chi connectivity index (χ1) is 11.8. The fourth-order valence-electron chi connectivity index (χ4n) is 2.91. The number of aromatic hydroxyl groups is 3. The average molecular weight is 346 g/mol. The lowest BCUT2D eigenvalue weighted by Crippen LogP contribution is -2.14. The Kier molecular flexibility index (Phi) is 6.02. The molecule has 0 radical (unpaired) electrons. The van der Waals surface area contributed by atoms with E-state index in [1.54, 1.807) is 18.2 Å². The van der Waals surface area contributed by atoms with E-state index in [0.29, 0.717) is 23.8 Å². The van der Waals surface area contributed by atoms with Gasteiger partial charge in [-0.3, -0.25) is 0 Å². The fourth-order valence-corrected chi connectivity index (χ4v) is 2.91. The van der Waals surface area contributed by atoms with Crippen LogP contribution in [-0.2, 0) is 12.8 Å². The van der Waals surface area contributed by atoms with Crippen LogP contribution in [-0.4, -0.2) is 29.5 Å². The molecule has 0 spiro atoms.